The Morgan fingerprint density at radius 1 is 1.08 bits per heavy atom. The summed E-state index contributed by atoms with van der Waals surface area (Å²) in [5.41, 5.74) is 1.67. The van der Waals surface area contributed by atoms with E-state index in [2.05, 4.69) is 15.1 Å². The van der Waals surface area contributed by atoms with Gasteiger partial charge in [-0.1, -0.05) is 23.4 Å². The molecule has 0 atom stereocenters. The Bertz CT molecular complexity index is 1050. The zero-order chi connectivity index (χ0) is 17.9. The van der Waals surface area contributed by atoms with E-state index < -0.39 is 0 Å². The summed E-state index contributed by atoms with van der Waals surface area (Å²) in [7, 11) is 1.60. The first kappa shape index (κ1) is 16.1. The summed E-state index contributed by atoms with van der Waals surface area (Å²) in [5.74, 6) is 2.26. The average molecular weight is 347 g/mol. The van der Waals surface area contributed by atoms with Crippen molar-refractivity contribution in [1.29, 1.82) is 0 Å². The molecule has 26 heavy (non-hydrogen) atoms. The smallest absolute Gasteiger partial charge is 0.258 e. The highest BCUT2D eigenvalue weighted by atomic mass is 16.5. The molecule has 0 bridgehead atoms. The van der Waals surface area contributed by atoms with Crippen LogP contribution in [0.2, 0.25) is 0 Å². The van der Waals surface area contributed by atoms with Gasteiger partial charge in [0.05, 0.1) is 13.7 Å². The van der Waals surface area contributed by atoms with Gasteiger partial charge in [0.25, 0.3) is 5.89 Å². The minimum absolute atomic E-state index is 0.424. The Morgan fingerprint density at radius 3 is 2.85 bits per heavy atom. The normalized spacial score (nSPS) is 10.8. The minimum atomic E-state index is 0.424. The van der Waals surface area contributed by atoms with Gasteiger partial charge < -0.3 is 14.0 Å². The number of hydrogen-bond donors (Lipinski definition) is 0. The Labute approximate surface area is 150 Å². The molecule has 0 amide bonds. The molecule has 0 aliphatic rings. The molecule has 0 unspecified atom stereocenters. The number of hydrogen-bond acceptors (Lipinski definition) is 6. The van der Waals surface area contributed by atoms with Crippen molar-refractivity contribution >= 4 is 10.8 Å². The molecule has 4 rings (SSSR count). The Morgan fingerprint density at radius 2 is 2.00 bits per heavy atom. The van der Waals surface area contributed by atoms with Crippen LogP contribution in [-0.2, 0) is 0 Å². The van der Waals surface area contributed by atoms with Gasteiger partial charge in [-0.3, -0.25) is 4.98 Å². The summed E-state index contributed by atoms with van der Waals surface area (Å²) in [5, 5.41) is 6.20. The molecule has 0 fully saturated rings. The lowest BCUT2D eigenvalue weighted by molar-refractivity contribution is 0.311. The van der Waals surface area contributed by atoms with E-state index in [-0.39, 0.29) is 0 Å². The number of ether oxygens (including phenoxy) is 2. The highest BCUT2D eigenvalue weighted by molar-refractivity contribution is 5.94. The molecule has 6 nitrogen and oxygen atoms in total. The number of fused-ring (bicyclic) bond motifs is 1. The molecular weight excluding hydrogens is 330 g/mol. The van der Waals surface area contributed by atoms with Gasteiger partial charge in [0, 0.05) is 28.9 Å². The van der Waals surface area contributed by atoms with Gasteiger partial charge in [-0.05, 0) is 36.6 Å². The van der Waals surface area contributed by atoms with Crippen LogP contribution in [0.3, 0.4) is 0 Å². The zero-order valence-corrected chi connectivity index (χ0v) is 14.5. The summed E-state index contributed by atoms with van der Waals surface area (Å²) in [4.78, 5) is 8.71. The van der Waals surface area contributed by atoms with Gasteiger partial charge in [-0.25, -0.2) is 0 Å². The van der Waals surface area contributed by atoms with E-state index in [0.29, 0.717) is 29.8 Å². The molecule has 6 heteroatoms. The zero-order valence-electron chi connectivity index (χ0n) is 14.5. The highest BCUT2D eigenvalue weighted by Gasteiger charge is 2.15. The van der Waals surface area contributed by atoms with Gasteiger partial charge in [0.2, 0.25) is 5.82 Å². The fraction of sp³-hybridized carbons (Fsp3) is 0.150. The van der Waals surface area contributed by atoms with Crippen molar-refractivity contribution in [2.75, 3.05) is 13.7 Å². The molecule has 2 aromatic heterocycles. The second kappa shape index (κ2) is 6.84. The van der Waals surface area contributed by atoms with Crippen LogP contribution in [0, 0.1) is 0 Å². The van der Waals surface area contributed by atoms with E-state index in [9.17, 15) is 0 Å². The monoisotopic (exact) mass is 347 g/mol. The molecule has 0 saturated carbocycles. The van der Waals surface area contributed by atoms with E-state index in [1.165, 1.54) is 0 Å². The summed E-state index contributed by atoms with van der Waals surface area (Å²) < 4.78 is 16.4. The second-order valence-corrected chi connectivity index (χ2v) is 5.62. The molecule has 4 aromatic rings. The van der Waals surface area contributed by atoms with Crippen LogP contribution in [0.15, 0.2) is 59.4 Å². The van der Waals surface area contributed by atoms with E-state index in [0.717, 1.165) is 21.9 Å². The standard InChI is InChI=1S/C20H17N3O3/c1-3-25-17-8-7-13(11-18(17)24-2)20-22-19(23-26-20)16-6-4-5-14-12-21-10-9-15(14)16/h4-12H,3H2,1-2H3. The van der Waals surface area contributed by atoms with Crippen LogP contribution >= 0.6 is 0 Å². The van der Waals surface area contributed by atoms with E-state index in [1.807, 2.05) is 55.6 Å². The Balaban J connectivity index is 1.74. The van der Waals surface area contributed by atoms with Gasteiger partial charge in [-0.15, -0.1) is 0 Å². The number of aromatic nitrogens is 3. The molecule has 2 heterocycles. The summed E-state index contributed by atoms with van der Waals surface area (Å²) >= 11 is 0. The quantitative estimate of drug-likeness (QED) is 0.534. The molecule has 0 radical (unpaired) electrons. The predicted octanol–water partition coefficient (Wildman–Crippen LogP) is 4.36. The number of nitrogens with zero attached hydrogens (tertiary/aromatic N) is 3. The summed E-state index contributed by atoms with van der Waals surface area (Å²) in [6.45, 7) is 2.49. The van der Waals surface area contributed by atoms with E-state index >= 15 is 0 Å². The lowest BCUT2D eigenvalue weighted by atomic mass is 10.1. The van der Waals surface area contributed by atoms with Crippen LogP contribution in [0.4, 0.5) is 0 Å². The molecule has 0 spiro atoms. The predicted molar refractivity (Wildman–Crippen MR) is 98.2 cm³/mol. The fourth-order valence-electron chi connectivity index (χ4n) is 2.84. The molecule has 0 aliphatic heterocycles. The highest BCUT2D eigenvalue weighted by Crippen LogP contribution is 2.33. The molecule has 0 aliphatic carbocycles. The van der Waals surface area contributed by atoms with Crippen LogP contribution in [0.5, 0.6) is 11.5 Å². The number of benzene rings is 2. The number of pyridine rings is 1. The van der Waals surface area contributed by atoms with Crippen LogP contribution in [-0.4, -0.2) is 28.8 Å². The topological polar surface area (TPSA) is 70.3 Å². The van der Waals surface area contributed by atoms with Crippen LogP contribution < -0.4 is 9.47 Å². The molecule has 0 N–H and O–H groups in total. The lowest BCUT2D eigenvalue weighted by Gasteiger charge is -2.09. The fourth-order valence-corrected chi connectivity index (χ4v) is 2.84. The third-order valence-corrected chi connectivity index (χ3v) is 4.06. The maximum absolute atomic E-state index is 5.54. The maximum atomic E-state index is 5.54. The SMILES string of the molecule is CCOc1ccc(-c2nc(-c3cccc4cnccc34)no2)cc1OC. The number of methoxy groups -OCH3 is 1. The largest absolute Gasteiger partial charge is 0.493 e. The van der Waals surface area contributed by atoms with E-state index in [4.69, 9.17) is 14.0 Å². The van der Waals surface area contributed by atoms with Crippen LogP contribution in [0.1, 0.15) is 6.92 Å². The van der Waals surface area contributed by atoms with Crippen molar-refractivity contribution in [2.45, 2.75) is 6.92 Å². The van der Waals surface area contributed by atoms with Gasteiger partial charge in [0.15, 0.2) is 11.5 Å². The van der Waals surface area contributed by atoms with Crippen molar-refractivity contribution in [3.8, 4) is 34.3 Å². The summed E-state index contributed by atoms with van der Waals surface area (Å²) in [6.07, 6.45) is 3.57. The Kier molecular flexibility index (Phi) is 4.23. The average Bonchev–Trinajstić information content (AvgIpc) is 3.18. The summed E-state index contributed by atoms with van der Waals surface area (Å²) in [6, 6.07) is 13.4. The van der Waals surface area contributed by atoms with Gasteiger partial charge in [-0.2, -0.15) is 4.98 Å². The third-order valence-electron chi connectivity index (χ3n) is 4.06. The van der Waals surface area contributed by atoms with Crippen LogP contribution in [0.25, 0.3) is 33.6 Å². The second-order valence-electron chi connectivity index (χ2n) is 5.62. The van der Waals surface area contributed by atoms with Crippen molar-refractivity contribution in [3.05, 3.63) is 54.9 Å². The first-order chi connectivity index (χ1) is 12.8. The van der Waals surface area contributed by atoms with Crippen molar-refractivity contribution in [2.24, 2.45) is 0 Å². The maximum Gasteiger partial charge on any atom is 0.258 e. The minimum Gasteiger partial charge on any atom is -0.493 e. The molecule has 0 saturated heterocycles. The number of rotatable bonds is 5. The van der Waals surface area contributed by atoms with Gasteiger partial charge in [0.1, 0.15) is 0 Å². The molecule has 130 valence electrons. The van der Waals surface area contributed by atoms with Crippen molar-refractivity contribution < 1.29 is 14.0 Å². The first-order valence-corrected chi connectivity index (χ1v) is 8.28. The third kappa shape index (κ3) is 2.86. The lowest BCUT2D eigenvalue weighted by Crippen LogP contribution is -1.95. The van der Waals surface area contributed by atoms with E-state index in [1.54, 1.807) is 13.3 Å². The van der Waals surface area contributed by atoms with Gasteiger partial charge >= 0.3 is 0 Å². The first-order valence-electron chi connectivity index (χ1n) is 8.28. The van der Waals surface area contributed by atoms with Crippen molar-refractivity contribution in [3.63, 3.8) is 0 Å². The Hall–Kier alpha value is -3.41. The molecular formula is C20H17N3O3. The molecule has 2 aromatic carbocycles. The van der Waals surface area contributed by atoms with Crippen molar-refractivity contribution in [1.82, 2.24) is 15.1 Å².